The highest BCUT2D eigenvalue weighted by Gasteiger charge is 2.30. The summed E-state index contributed by atoms with van der Waals surface area (Å²) in [7, 11) is 0. The topological polar surface area (TPSA) is 39.2 Å². The summed E-state index contributed by atoms with van der Waals surface area (Å²) in [4.78, 5) is 0. The smallest absolute Gasteiger partial charge is 0.416 e. The largest absolute Gasteiger partial charge is 0.456 e. The Bertz CT molecular complexity index is 757. The Balaban J connectivity index is 2.02. The Morgan fingerprint density at radius 3 is 2.25 bits per heavy atom. The number of fused-ring (bicyclic) bond motifs is 1. The molecule has 0 atom stereocenters. The first-order valence-corrected chi connectivity index (χ1v) is 5.90. The Morgan fingerprint density at radius 2 is 1.60 bits per heavy atom. The van der Waals surface area contributed by atoms with Gasteiger partial charge in [-0.25, -0.2) is 0 Å². The maximum absolute atomic E-state index is 12.5. The molecule has 3 aromatic rings. The molecule has 0 spiro atoms. The number of anilines is 1. The molecule has 0 saturated heterocycles. The molecule has 0 unspecified atom stereocenters. The zero-order chi connectivity index (χ0) is 14.3. The van der Waals surface area contributed by atoms with Crippen molar-refractivity contribution >= 4 is 16.7 Å². The molecular formula is C15H10F3NO. The van der Waals surface area contributed by atoms with Crippen LogP contribution >= 0.6 is 0 Å². The third kappa shape index (κ3) is 2.22. The second kappa shape index (κ2) is 4.30. The van der Waals surface area contributed by atoms with Gasteiger partial charge in [-0.3, -0.25) is 0 Å². The van der Waals surface area contributed by atoms with E-state index in [-0.39, 0.29) is 0 Å². The molecule has 0 aliphatic heterocycles. The van der Waals surface area contributed by atoms with Gasteiger partial charge >= 0.3 is 6.18 Å². The molecule has 0 fully saturated rings. The van der Waals surface area contributed by atoms with E-state index in [9.17, 15) is 13.2 Å². The molecule has 0 saturated carbocycles. The lowest BCUT2D eigenvalue weighted by Crippen LogP contribution is -2.03. The van der Waals surface area contributed by atoms with E-state index in [4.69, 9.17) is 10.2 Å². The van der Waals surface area contributed by atoms with Crippen LogP contribution in [0.15, 0.2) is 52.9 Å². The van der Waals surface area contributed by atoms with Crippen LogP contribution in [0.25, 0.3) is 22.3 Å². The number of nitrogens with two attached hydrogens (primary N) is 1. The van der Waals surface area contributed by atoms with E-state index in [0.717, 1.165) is 17.5 Å². The van der Waals surface area contributed by atoms with Crippen LogP contribution < -0.4 is 5.73 Å². The minimum absolute atomic E-state index is 0.513. The lowest BCUT2D eigenvalue weighted by atomic mass is 10.1. The summed E-state index contributed by atoms with van der Waals surface area (Å²) in [5.74, 6) is 0.513. The molecule has 0 bridgehead atoms. The maximum atomic E-state index is 12.5. The van der Waals surface area contributed by atoms with Gasteiger partial charge in [-0.15, -0.1) is 0 Å². The van der Waals surface area contributed by atoms with E-state index < -0.39 is 11.7 Å². The van der Waals surface area contributed by atoms with E-state index in [1.54, 1.807) is 24.3 Å². The van der Waals surface area contributed by atoms with Crippen molar-refractivity contribution in [2.24, 2.45) is 0 Å². The van der Waals surface area contributed by atoms with Crippen molar-refractivity contribution < 1.29 is 17.6 Å². The summed E-state index contributed by atoms with van der Waals surface area (Å²) in [6, 6.07) is 11.8. The summed E-state index contributed by atoms with van der Waals surface area (Å²) in [6.45, 7) is 0. The lowest BCUT2D eigenvalue weighted by molar-refractivity contribution is -0.137. The van der Waals surface area contributed by atoms with Gasteiger partial charge in [0.25, 0.3) is 0 Å². The summed E-state index contributed by atoms with van der Waals surface area (Å²) in [5, 5.41) is 0.819. The molecule has 2 nitrogen and oxygen atoms in total. The van der Waals surface area contributed by atoms with Crippen LogP contribution in [-0.2, 0) is 6.18 Å². The molecule has 3 rings (SSSR count). The highest BCUT2D eigenvalue weighted by Crippen LogP contribution is 2.33. The maximum Gasteiger partial charge on any atom is 0.416 e. The predicted molar refractivity (Wildman–Crippen MR) is 71.1 cm³/mol. The van der Waals surface area contributed by atoms with Gasteiger partial charge < -0.3 is 10.2 Å². The fraction of sp³-hybridized carbons (Fsp3) is 0.0667. The first-order chi connectivity index (χ1) is 9.43. The van der Waals surface area contributed by atoms with Gasteiger partial charge in [0.1, 0.15) is 11.3 Å². The molecule has 20 heavy (non-hydrogen) atoms. The van der Waals surface area contributed by atoms with Crippen molar-refractivity contribution in [3.63, 3.8) is 0 Å². The summed E-state index contributed by atoms with van der Waals surface area (Å²) in [5.41, 5.74) is 6.84. The van der Waals surface area contributed by atoms with Gasteiger partial charge in [0, 0.05) is 16.6 Å². The fourth-order valence-electron chi connectivity index (χ4n) is 2.03. The highest BCUT2D eigenvalue weighted by atomic mass is 19.4. The molecule has 0 aliphatic carbocycles. The first-order valence-electron chi connectivity index (χ1n) is 5.90. The number of furan rings is 1. The zero-order valence-electron chi connectivity index (χ0n) is 10.2. The quantitative estimate of drug-likeness (QED) is 0.655. The van der Waals surface area contributed by atoms with Gasteiger partial charge in [0.15, 0.2) is 0 Å². The number of nitrogen functional groups attached to an aromatic ring is 1. The molecule has 0 aliphatic rings. The van der Waals surface area contributed by atoms with Crippen molar-refractivity contribution in [2.45, 2.75) is 6.18 Å². The van der Waals surface area contributed by atoms with Crippen molar-refractivity contribution in [3.8, 4) is 11.3 Å². The van der Waals surface area contributed by atoms with E-state index in [1.807, 2.05) is 0 Å². The number of rotatable bonds is 1. The van der Waals surface area contributed by atoms with Gasteiger partial charge in [0.2, 0.25) is 0 Å². The molecule has 5 heteroatoms. The number of hydrogen-bond donors (Lipinski definition) is 1. The third-order valence-electron chi connectivity index (χ3n) is 3.04. The lowest BCUT2D eigenvalue weighted by Gasteiger charge is -2.06. The standard InChI is InChI=1S/C15H10F3NO/c16-15(17,18)11-3-1-9(2-4-11)14-8-10-7-12(19)5-6-13(10)20-14/h1-8H,19H2. The third-order valence-corrected chi connectivity index (χ3v) is 3.04. The van der Waals surface area contributed by atoms with Crippen LogP contribution in [0.4, 0.5) is 18.9 Å². The Hall–Kier alpha value is -2.43. The Kier molecular flexibility index (Phi) is 2.71. The van der Waals surface area contributed by atoms with Crippen molar-refractivity contribution in [2.75, 3.05) is 5.73 Å². The second-order valence-corrected chi connectivity index (χ2v) is 4.48. The molecule has 2 N–H and O–H groups in total. The first kappa shape index (κ1) is 12.6. The minimum atomic E-state index is -4.33. The molecular weight excluding hydrogens is 267 g/mol. The van der Waals surface area contributed by atoms with Crippen LogP contribution in [-0.4, -0.2) is 0 Å². The molecule has 102 valence electrons. The Labute approximate surface area is 112 Å². The van der Waals surface area contributed by atoms with E-state index in [2.05, 4.69) is 0 Å². The number of halogens is 3. The van der Waals surface area contributed by atoms with Crippen LogP contribution in [0, 0.1) is 0 Å². The van der Waals surface area contributed by atoms with Gasteiger partial charge in [-0.05, 0) is 36.4 Å². The minimum Gasteiger partial charge on any atom is -0.456 e. The average Bonchev–Trinajstić information content (AvgIpc) is 2.80. The second-order valence-electron chi connectivity index (χ2n) is 4.48. The van der Waals surface area contributed by atoms with Crippen molar-refractivity contribution in [1.29, 1.82) is 0 Å². The van der Waals surface area contributed by atoms with Crippen LogP contribution in [0.2, 0.25) is 0 Å². The average molecular weight is 277 g/mol. The van der Waals surface area contributed by atoms with E-state index in [0.29, 0.717) is 22.6 Å². The van der Waals surface area contributed by atoms with Crippen LogP contribution in [0.1, 0.15) is 5.56 Å². The number of alkyl halides is 3. The van der Waals surface area contributed by atoms with Crippen molar-refractivity contribution in [1.82, 2.24) is 0 Å². The highest BCUT2D eigenvalue weighted by molar-refractivity contribution is 5.85. The summed E-state index contributed by atoms with van der Waals surface area (Å²) in [6.07, 6.45) is -4.33. The summed E-state index contributed by atoms with van der Waals surface area (Å²) < 4.78 is 43.1. The molecule has 0 amide bonds. The number of hydrogen-bond acceptors (Lipinski definition) is 2. The predicted octanol–water partition coefficient (Wildman–Crippen LogP) is 4.70. The van der Waals surface area contributed by atoms with E-state index in [1.165, 1.54) is 12.1 Å². The van der Waals surface area contributed by atoms with Gasteiger partial charge in [-0.2, -0.15) is 13.2 Å². The fourth-order valence-corrected chi connectivity index (χ4v) is 2.03. The SMILES string of the molecule is Nc1ccc2oc(-c3ccc(C(F)(F)F)cc3)cc2c1. The Morgan fingerprint density at radius 1 is 0.900 bits per heavy atom. The van der Waals surface area contributed by atoms with Gasteiger partial charge in [0.05, 0.1) is 5.56 Å². The number of benzene rings is 2. The van der Waals surface area contributed by atoms with Crippen LogP contribution in [0.5, 0.6) is 0 Å². The van der Waals surface area contributed by atoms with Crippen molar-refractivity contribution in [3.05, 3.63) is 54.1 Å². The van der Waals surface area contributed by atoms with Gasteiger partial charge in [-0.1, -0.05) is 12.1 Å². The zero-order valence-corrected chi connectivity index (χ0v) is 10.2. The molecule has 0 radical (unpaired) electrons. The molecule has 1 aromatic heterocycles. The molecule has 1 heterocycles. The van der Waals surface area contributed by atoms with E-state index >= 15 is 0 Å². The van der Waals surface area contributed by atoms with Crippen LogP contribution in [0.3, 0.4) is 0 Å². The normalized spacial score (nSPS) is 11.9. The molecule has 2 aromatic carbocycles. The summed E-state index contributed by atoms with van der Waals surface area (Å²) >= 11 is 0. The monoisotopic (exact) mass is 277 g/mol.